The molecular weight excluding hydrogens is 432 g/mol. The summed E-state index contributed by atoms with van der Waals surface area (Å²) in [5, 5.41) is 12.2. The van der Waals surface area contributed by atoms with Crippen molar-refractivity contribution < 1.29 is 19.4 Å². The summed E-state index contributed by atoms with van der Waals surface area (Å²) in [6.07, 6.45) is 6.79. The Bertz CT molecular complexity index is 1150. The van der Waals surface area contributed by atoms with E-state index in [2.05, 4.69) is 15.3 Å². The minimum absolute atomic E-state index is 0.0455. The van der Waals surface area contributed by atoms with Crippen LogP contribution in [-0.2, 0) is 17.8 Å². The predicted octanol–water partition coefficient (Wildman–Crippen LogP) is 4.69. The summed E-state index contributed by atoms with van der Waals surface area (Å²) < 4.78 is 11.7. The van der Waals surface area contributed by atoms with Gasteiger partial charge in [0.05, 0.1) is 18.9 Å². The number of benzene rings is 2. The molecule has 8 heteroatoms. The maximum Gasteiger partial charge on any atom is 0.303 e. The van der Waals surface area contributed by atoms with Crippen LogP contribution in [0.15, 0.2) is 48.8 Å². The van der Waals surface area contributed by atoms with Gasteiger partial charge in [0, 0.05) is 30.3 Å². The molecule has 0 saturated heterocycles. The van der Waals surface area contributed by atoms with Crippen LogP contribution in [0.3, 0.4) is 0 Å². The molecule has 1 aromatic heterocycles. The molecule has 0 radical (unpaired) electrons. The van der Waals surface area contributed by atoms with Crippen LogP contribution in [0.25, 0.3) is 11.3 Å². The molecule has 4 rings (SSSR count). The van der Waals surface area contributed by atoms with Crippen molar-refractivity contribution in [3.63, 3.8) is 0 Å². The van der Waals surface area contributed by atoms with Crippen LogP contribution in [0, 0.1) is 0 Å². The number of aromatic nitrogens is 2. The summed E-state index contributed by atoms with van der Waals surface area (Å²) in [6, 6.07) is 13.4. The number of aryl methyl sites for hydroxylation is 1. The van der Waals surface area contributed by atoms with Crippen molar-refractivity contribution in [2.24, 2.45) is 0 Å². The second-order valence-electron chi connectivity index (χ2n) is 8.46. The first kappa shape index (κ1) is 23.4. The third kappa shape index (κ3) is 5.95. The zero-order valence-electron chi connectivity index (χ0n) is 19.3. The lowest BCUT2D eigenvalue weighted by Crippen LogP contribution is -2.12. The summed E-state index contributed by atoms with van der Waals surface area (Å²) in [5.41, 5.74) is 10.1. The zero-order valence-corrected chi connectivity index (χ0v) is 19.3. The quantitative estimate of drug-likeness (QED) is 0.371. The molecule has 1 fully saturated rings. The van der Waals surface area contributed by atoms with Gasteiger partial charge in [0.25, 0.3) is 0 Å². The monoisotopic (exact) mass is 462 g/mol. The number of carboxylic acids is 1. The van der Waals surface area contributed by atoms with E-state index in [0.29, 0.717) is 24.5 Å². The average Bonchev–Trinajstić information content (AvgIpc) is 3.35. The van der Waals surface area contributed by atoms with Crippen molar-refractivity contribution in [2.75, 3.05) is 18.2 Å². The lowest BCUT2D eigenvalue weighted by Gasteiger charge is -2.17. The third-order valence-electron chi connectivity index (χ3n) is 6.01. The molecule has 0 atom stereocenters. The summed E-state index contributed by atoms with van der Waals surface area (Å²) in [6.45, 7) is 0.567. The van der Waals surface area contributed by atoms with Crippen LogP contribution in [0.4, 0.5) is 11.5 Å². The highest BCUT2D eigenvalue weighted by Crippen LogP contribution is 2.33. The third-order valence-corrected chi connectivity index (χ3v) is 6.01. The lowest BCUT2D eigenvalue weighted by atomic mass is 10.0. The fourth-order valence-electron chi connectivity index (χ4n) is 4.14. The highest BCUT2D eigenvalue weighted by Gasteiger charge is 2.18. The Morgan fingerprint density at radius 3 is 2.68 bits per heavy atom. The van der Waals surface area contributed by atoms with Crippen LogP contribution in [0.2, 0.25) is 0 Å². The van der Waals surface area contributed by atoms with Gasteiger partial charge in [-0.1, -0.05) is 18.2 Å². The van der Waals surface area contributed by atoms with Crippen LogP contribution < -0.4 is 20.5 Å². The number of anilines is 2. The van der Waals surface area contributed by atoms with Crippen molar-refractivity contribution in [2.45, 2.75) is 51.2 Å². The zero-order chi connectivity index (χ0) is 23.9. The van der Waals surface area contributed by atoms with Crippen LogP contribution in [-0.4, -0.2) is 34.3 Å². The molecule has 4 N–H and O–H groups in total. The molecule has 178 valence electrons. The standard InChI is InChI=1S/C26H30N4O4/c1-33-23-10-6-17(12-24(23)34-20-4-2-3-5-20)15-28-25-14-22(29-16-30-25)19-8-7-18(21(27)13-19)9-11-26(31)32/h6-8,10,12-14,16,20H,2-5,9,11,15,27H2,1H3,(H,31,32)(H,28,29,30). The fraction of sp³-hybridized carbons (Fsp3) is 0.346. The van der Waals surface area contributed by atoms with E-state index in [1.807, 2.05) is 42.5 Å². The first-order chi connectivity index (χ1) is 16.5. The molecule has 1 aliphatic carbocycles. The predicted molar refractivity (Wildman–Crippen MR) is 131 cm³/mol. The van der Waals surface area contributed by atoms with Crippen molar-refractivity contribution in [1.29, 1.82) is 0 Å². The molecule has 0 amide bonds. The van der Waals surface area contributed by atoms with Gasteiger partial charge in [-0.15, -0.1) is 0 Å². The van der Waals surface area contributed by atoms with E-state index in [4.69, 9.17) is 20.3 Å². The second-order valence-corrected chi connectivity index (χ2v) is 8.46. The highest BCUT2D eigenvalue weighted by atomic mass is 16.5. The van der Waals surface area contributed by atoms with E-state index in [0.717, 1.165) is 46.7 Å². The van der Waals surface area contributed by atoms with Gasteiger partial charge in [-0.25, -0.2) is 9.97 Å². The number of aliphatic carboxylic acids is 1. The molecule has 0 unspecified atom stereocenters. The van der Waals surface area contributed by atoms with E-state index < -0.39 is 5.97 Å². The van der Waals surface area contributed by atoms with Crippen molar-refractivity contribution >= 4 is 17.5 Å². The van der Waals surface area contributed by atoms with Gasteiger partial charge in [0.15, 0.2) is 11.5 Å². The van der Waals surface area contributed by atoms with E-state index in [1.54, 1.807) is 7.11 Å². The molecule has 1 saturated carbocycles. The smallest absolute Gasteiger partial charge is 0.303 e. The molecule has 0 bridgehead atoms. The van der Waals surface area contributed by atoms with E-state index in [-0.39, 0.29) is 12.5 Å². The Morgan fingerprint density at radius 2 is 1.94 bits per heavy atom. The Hall–Kier alpha value is -3.81. The summed E-state index contributed by atoms with van der Waals surface area (Å²) >= 11 is 0. The Balaban J connectivity index is 1.44. The van der Waals surface area contributed by atoms with Gasteiger partial charge >= 0.3 is 5.97 Å². The number of methoxy groups -OCH3 is 1. The van der Waals surface area contributed by atoms with Gasteiger partial charge in [-0.2, -0.15) is 0 Å². The normalized spacial score (nSPS) is 13.6. The van der Waals surface area contributed by atoms with Gasteiger partial charge in [-0.05, 0) is 61.4 Å². The fourth-order valence-corrected chi connectivity index (χ4v) is 4.14. The number of carboxylic acid groups (broad SMARTS) is 1. The molecule has 0 spiro atoms. The van der Waals surface area contributed by atoms with Gasteiger partial charge in [0.2, 0.25) is 0 Å². The molecule has 34 heavy (non-hydrogen) atoms. The van der Waals surface area contributed by atoms with E-state index in [1.165, 1.54) is 19.2 Å². The Morgan fingerprint density at radius 1 is 1.12 bits per heavy atom. The van der Waals surface area contributed by atoms with Crippen LogP contribution in [0.5, 0.6) is 11.5 Å². The van der Waals surface area contributed by atoms with Crippen molar-refractivity contribution in [3.05, 3.63) is 59.9 Å². The topological polar surface area (TPSA) is 120 Å². The van der Waals surface area contributed by atoms with Gasteiger partial charge in [0.1, 0.15) is 12.1 Å². The SMILES string of the molecule is COc1ccc(CNc2cc(-c3ccc(CCC(=O)O)c(N)c3)ncn2)cc1OC1CCCC1. The molecular formula is C26H30N4O4. The summed E-state index contributed by atoms with van der Waals surface area (Å²) in [5.74, 6) is 1.36. The number of hydrogen-bond acceptors (Lipinski definition) is 7. The first-order valence-electron chi connectivity index (χ1n) is 11.5. The van der Waals surface area contributed by atoms with Gasteiger partial charge < -0.3 is 25.6 Å². The minimum atomic E-state index is -0.843. The summed E-state index contributed by atoms with van der Waals surface area (Å²) in [4.78, 5) is 19.5. The average molecular weight is 463 g/mol. The van der Waals surface area contributed by atoms with Crippen molar-refractivity contribution in [1.82, 2.24) is 9.97 Å². The maximum atomic E-state index is 10.8. The minimum Gasteiger partial charge on any atom is -0.493 e. The molecule has 3 aromatic rings. The molecule has 2 aromatic carbocycles. The maximum absolute atomic E-state index is 10.8. The van der Waals surface area contributed by atoms with Crippen LogP contribution >= 0.6 is 0 Å². The van der Waals surface area contributed by atoms with Crippen molar-refractivity contribution in [3.8, 4) is 22.8 Å². The number of hydrogen-bond donors (Lipinski definition) is 3. The number of nitrogens with zero attached hydrogens (tertiary/aromatic N) is 2. The first-order valence-corrected chi connectivity index (χ1v) is 11.5. The van der Waals surface area contributed by atoms with Crippen LogP contribution in [0.1, 0.15) is 43.2 Å². The molecule has 8 nitrogen and oxygen atoms in total. The highest BCUT2D eigenvalue weighted by molar-refractivity contribution is 5.70. The number of rotatable bonds is 10. The largest absolute Gasteiger partial charge is 0.493 e. The lowest BCUT2D eigenvalue weighted by molar-refractivity contribution is -0.136. The number of nitrogens with two attached hydrogens (primary N) is 1. The number of ether oxygens (including phenoxy) is 2. The molecule has 0 aliphatic heterocycles. The Labute approximate surface area is 199 Å². The van der Waals surface area contributed by atoms with E-state index in [9.17, 15) is 4.79 Å². The Kier molecular flexibility index (Phi) is 7.47. The van der Waals surface area contributed by atoms with E-state index >= 15 is 0 Å². The number of nitrogen functional groups attached to an aromatic ring is 1. The van der Waals surface area contributed by atoms with Gasteiger partial charge in [-0.3, -0.25) is 4.79 Å². The number of carbonyl (C=O) groups is 1. The second kappa shape index (κ2) is 10.9. The number of nitrogens with one attached hydrogen (secondary N) is 1. The summed E-state index contributed by atoms with van der Waals surface area (Å²) in [7, 11) is 1.66. The molecule has 1 heterocycles. The molecule has 1 aliphatic rings.